The summed E-state index contributed by atoms with van der Waals surface area (Å²) in [4.78, 5) is 11.6. The van der Waals surface area contributed by atoms with Crippen molar-refractivity contribution in [3.05, 3.63) is 0 Å². The molecule has 68 valence electrons. The second-order valence-corrected chi connectivity index (χ2v) is 4.10. The molecule has 0 aromatic rings. The van der Waals surface area contributed by atoms with E-state index in [4.69, 9.17) is 0 Å². The molecule has 2 heteroatoms. The molecule has 2 nitrogen and oxygen atoms in total. The lowest BCUT2D eigenvalue weighted by Gasteiger charge is -2.13. The predicted molar refractivity (Wildman–Crippen MR) is 47.6 cm³/mol. The van der Waals surface area contributed by atoms with E-state index in [0.29, 0.717) is 11.8 Å². The maximum atomic E-state index is 11.6. The fourth-order valence-electron chi connectivity index (χ4n) is 2.02. The summed E-state index contributed by atoms with van der Waals surface area (Å²) < 4.78 is 0. The molecule has 0 bridgehead atoms. The Balaban J connectivity index is 1.90. The van der Waals surface area contributed by atoms with E-state index >= 15 is 0 Å². The molecule has 0 aromatic heterocycles. The maximum absolute atomic E-state index is 11.6. The van der Waals surface area contributed by atoms with E-state index in [1.54, 1.807) is 0 Å². The van der Waals surface area contributed by atoms with Crippen LogP contribution in [0.1, 0.15) is 32.6 Å². The molecule has 0 spiro atoms. The van der Waals surface area contributed by atoms with Gasteiger partial charge in [-0.15, -0.1) is 0 Å². The third-order valence-electron chi connectivity index (χ3n) is 2.91. The van der Waals surface area contributed by atoms with Crippen molar-refractivity contribution in [2.24, 2.45) is 17.8 Å². The van der Waals surface area contributed by atoms with Crippen molar-refractivity contribution >= 4 is 5.91 Å². The molecule has 0 saturated heterocycles. The second kappa shape index (κ2) is 3.08. The summed E-state index contributed by atoms with van der Waals surface area (Å²) in [5.74, 6) is 2.18. The lowest BCUT2D eigenvalue weighted by atomic mass is 9.97. The highest BCUT2D eigenvalue weighted by atomic mass is 16.1. The zero-order valence-corrected chi connectivity index (χ0v) is 7.68. The van der Waals surface area contributed by atoms with E-state index in [2.05, 4.69) is 5.32 Å². The van der Waals surface area contributed by atoms with Crippen molar-refractivity contribution in [2.75, 3.05) is 6.54 Å². The molecular weight excluding hydrogens is 150 g/mol. The monoisotopic (exact) mass is 167 g/mol. The molecule has 2 rings (SSSR count). The average molecular weight is 167 g/mol. The molecule has 1 N–H and O–H groups in total. The smallest absolute Gasteiger partial charge is 0.223 e. The summed E-state index contributed by atoms with van der Waals surface area (Å²) in [7, 11) is 0. The normalized spacial score (nSPS) is 22.8. The largest absolute Gasteiger partial charge is 0.356 e. The molecule has 2 saturated carbocycles. The van der Waals surface area contributed by atoms with Gasteiger partial charge < -0.3 is 5.32 Å². The summed E-state index contributed by atoms with van der Waals surface area (Å²) in [5, 5.41) is 2.95. The number of hydrogen-bond acceptors (Lipinski definition) is 1. The van der Waals surface area contributed by atoms with E-state index in [1.807, 2.05) is 6.92 Å². The van der Waals surface area contributed by atoms with Gasteiger partial charge in [0.15, 0.2) is 0 Å². The predicted octanol–water partition coefficient (Wildman–Crippen LogP) is 1.56. The summed E-state index contributed by atoms with van der Waals surface area (Å²) in [6.07, 6.45) is 5.16. The first kappa shape index (κ1) is 8.09. The van der Waals surface area contributed by atoms with Gasteiger partial charge in [0.25, 0.3) is 0 Å². The van der Waals surface area contributed by atoms with Crippen LogP contribution in [-0.4, -0.2) is 12.5 Å². The first-order valence-electron chi connectivity index (χ1n) is 5.10. The molecular formula is C10H17NO. The van der Waals surface area contributed by atoms with E-state index in [-0.39, 0.29) is 0 Å². The zero-order chi connectivity index (χ0) is 8.55. The van der Waals surface area contributed by atoms with Crippen LogP contribution in [0.3, 0.4) is 0 Å². The molecule has 2 aliphatic carbocycles. The van der Waals surface area contributed by atoms with Gasteiger partial charge >= 0.3 is 0 Å². The first-order valence-corrected chi connectivity index (χ1v) is 5.10. The third kappa shape index (κ3) is 1.62. The Morgan fingerprint density at radius 2 is 1.83 bits per heavy atom. The van der Waals surface area contributed by atoms with Gasteiger partial charge in [-0.25, -0.2) is 0 Å². The minimum absolute atomic E-state index is 0.322. The van der Waals surface area contributed by atoms with Crippen molar-refractivity contribution in [3.8, 4) is 0 Å². The number of rotatable bonds is 4. The van der Waals surface area contributed by atoms with Gasteiger partial charge in [-0.2, -0.15) is 0 Å². The van der Waals surface area contributed by atoms with Crippen LogP contribution in [-0.2, 0) is 4.79 Å². The highest BCUT2D eigenvalue weighted by Crippen LogP contribution is 2.49. The van der Waals surface area contributed by atoms with Crippen molar-refractivity contribution in [3.63, 3.8) is 0 Å². The van der Waals surface area contributed by atoms with Crippen LogP contribution in [0.5, 0.6) is 0 Å². The van der Waals surface area contributed by atoms with Gasteiger partial charge in [0, 0.05) is 12.5 Å². The van der Waals surface area contributed by atoms with Crippen molar-refractivity contribution in [1.82, 2.24) is 5.32 Å². The van der Waals surface area contributed by atoms with Crippen LogP contribution in [0.4, 0.5) is 0 Å². The van der Waals surface area contributed by atoms with Crippen LogP contribution < -0.4 is 5.32 Å². The van der Waals surface area contributed by atoms with Gasteiger partial charge in [-0.3, -0.25) is 4.79 Å². The zero-order valence-electron chi connectivity index (χ0n) is 7.68. The lowest BCUT2D eigenvalue weighted by molar-refractivity contribution is -0.126. The number of hydrogen-bond donors (Lipinski definition) is 1. The molecule has 12 heavy (non-hydrogen) atoms. The average Bonchev–Trinajstić information content (AvgIpc) is 2.80. The number of carbonyl (C=O) groups is 1. The van der Waals surface area contributed by atoms with Gasteiger partial charge in [-0.05, 0) is 44.4 Å². The van der Waals surface area contributed by atoms with Crippen LogP contribution in [0, 0.1) is 17.8 Å². The Morgan fingerprint density at radius 1 is 1.33 bits per heavy atom. The molecule has 0 unspecified atom stereocenters. The van der Waals surface area contributed by atoms with Crippen LogP contribution in [0.25, 0.3) is 0 Å². The molecule has 0 radical (unpaired) electrons. The van der Waals surface area contributed by atoms with E-state index in [9.17, 15) is 4.79 Å². The first-order chi connectivity index (χ1) is 5.83. The van der Waals surface area contributed by atoms with Gasteiger partial charge in [0.1, 0.15) is 0 Å². The fraction of sp³-hybridized carbons (Fsp3) is 0.900. The Hall–Kier alpha value is -0.530. The summed E-state index contributed by atoms with van der Waals surface area (Å²) in [5.41, 5.74) is 0. The number of nitrogens with one attached hydrogen (secondary N) is 1. The van der Waals surface area contributed by atoms with E-state index in [0.717, 1.165) is 18.4 Å². The Morgan fingerprint density at radius 3 is 2.17 bits per heavy atom. The fourth-order valence-corrected chi connectivity index (χ4v) is 2.02. The number of carbonyl (C=O) groups excluding carboxylic acids is 1. The summed E-state index contributed by atoms with van der Waals surface area (Å²) in [6, 6.07) is 0. The van der Waals surface area contributed by atoms with Crippen LogP contribution in [0.2, 0.25) is 0 Å². The van der Waals surface area contributed by atoms with Crippen molar-refractivity contribution < 1.29 is 4.79 Å². The Labute approximate surface area is 73.7 Å². The molecule has 2 fully saturated rings. The third-order valence-corrected chi connectivity index (χ3v) is 2.91. The second-order valence-electron chi connectivity index (χ2n) is 4.10. The molecule has 1 amide bonds. The minimum atomic E-state index is 0.322. The van der Waals surface area contributed by atoms with E-state index in [1.165, 1.54) is 25.7 Å². The van der Waals surface area contributed by atoms with Gasteiger partial charge in [-0.1, -0.05) is 0 Å². The van der Waals surface area contributed by atoms with Crippen molar-refractivity contribution in [1.29, 1.82) is 0 Å². The molecule has 0 heterocycles. The molecule has 0 atom stereocenters. The molecule has 2 aliphatic rings. The van der Waals surface area contributed by atoms with Crippen molar-refractivity contribution in [2.45, 2.75) is 32.6 Å². The van der Waals surface area contributed by atoms with Crippen LogP contribution >= 0.6 is 0 Å². The Bertz CT molecular complexity index is 170. The quantitative estimate of drug-likeness (QED) is 0.676. The summed E-state index contributed by atoms with van der Waals surface area (Å²) in [6.45, 7) is 2.78. The van der Waals surface area contributed by atoms with E-state index < -0.39 is 0 Å². The minimum Gasteiger partial charge on any atom is -0.356 e. The SMILES string of the molecule is CCNC(=O)C(C1CC1)C1CC1. The number of amides is 1. The van der Waals surface area contributed by atoms with Gasteiger partial charge in [0.05, 0.1) is 0 Å². The van der Waals surface area contributed by atoms with Gasteiger partial charge in [0.2, 0.25) is 5.91 Å². The topological polar surface area (TPSA) is 29.1 Å². The summed E-state index contributed by atoms with van der Waals surface area (Å²) >= 11 is 0. The highest BCUT2D eigenvalue weighted by molar-refractivity contribution is 5.79. The standard InChI is InChI=1S/C10H17NO/c1-2-11-10(12)9(7-3-4-7)8-5-6-8/h7-9H,2-6H2,1H3,(H,11,12). The maximum Gasteiger partial charge on any atom is 0.223 e. The Kier molecular flexibility index (Phi) is 2.07. The van der Waals surface area contributed by atoms with Crippen LogP contribution in [0.15, 0.2) is 0 Å². The lowest BCUT2D eigenvalue weighted by Crippen LogP contribution is -2.32. The highest BCUT2D eigenvalue weighted by Gasteiger charge is 2.45. The molecule has 0 aliphatic heterocycles. The molecule has 0 aromatic carbocycles.